The molecule has 0 aromatic carbocycles. The van der Waals surface area contributed by atoms with E-state index in [-0.39, 0.29) is 22.3 Å². The Hall–Kier alpha value is -1.40. The van der Waals surface area contributed by atoms with Crippen molar-refractivity contribution in [3.63, 3.8) is 0 Å². The first-order valence-corrected chi connectivity index (χ1v) is 5.37. The Bertz CT molecular complexity index is 453. The van der Waals surface area contributed by atoms with Crippen LogP contribution in [0.4, 0.5) is 0 Å². The molecule has 17 heavy (non-hydrogen) atoms. The molecule has 0 saturated carbocycles. The number of nitrogens with one attached hydrogen (secondary N) is 1. The van der Waals surface area contributed by atoms with Crippen LogP contribution < -0.4 is 5.32 Å². The third kappa shape index (κ3) is 4.16. The minimum absolute atomic E-state index is 0.0328. The highest BCUT2D eigenvalue weighted by molar-refractivity contribution is 6.34. The second-order valence-electron chi connectivity index (χ2n) is 3.34. The van der Waals surface area contributed by atoms with Crippen molar-refractivity contribution in [3.05, 3.63) is 21.9 Å². The van der Waals surface area contributed by atoms with Gasteiger partial charge in [0.25, 0.3) is 5.91 Å². The fourth-order valence-electron chi connectivity index (χ4n) is 1.13. The highest BCUT2D eigenvalue weighted by Crippen LogP contribution is 2.15. The Morgan fingerprint density at radius 3 is 2.71 bits per heavy atom. The SMILES string of the molecule is CC(CC(=O)O)NC(=O)c1cc(Cl)nnc1Cl. The van der Waals surface area contributed by atoms with Crippen LogP contribution in [0.3, 0.4) is 0 Å². The lowest BCUT2D eigenvalue weighted by atomic mass is 10.2. The number of aromatic nitrogens is 2. The molecule has 1 aromatic heterocycles. The van der Waals surface area contributed by atoms with Crippen molar-refractivity contribution in [1.29, 1.82) is 0 Å². The second kappa shape index (κ2) is 5.79. The Balaban J connectivity index is 2.76. The number of aliphatic carboxylic acids is 1. The van der Waals surface area contributed by atoms with Gasteiger partial charge in [-0.2, -0.15) is 0 Å². The second-order valence-corrected chi connectivity index (χ2v) is 4.09. The standard InChI is InChI=1S/C9H9Cl2N3O3/c1-4(2-7(15)16)12-9(17)5-3-6(10)13-14-8(5)11/h3-4H,2H2,1H3,(H,12,17)(H,15,16). The molecule has 92 valence electrons. The summed E-state index contributed by atoms with van der Waals surface area (Å²) in [7, 11) is 0. The van der Waals surface area contributed by atoms with Crippen LogP contribution in [0.1, 0.15) is 23.7 Å². The van der Waals surface area contributed by atoms with E-state index in [1.807, 2.05) is 0 Å². The van der Waals surface area contributed by atoms with Crippen LogP contribution in [0.25, 0.3) is 0 Å². The number of carbonyl (C=O) groups excluding carboxylic acids is 1. The van der Waals surface area contributed by atoms with Gasteiger partial charge in [-0.1, -0.05) is 23.2 Å². The average Bonchev–Trinajstić information content (AvgIpc) is 2.20. The Morgan fingerprint density at radius 1 is 1.47 bits per heavy atom. The highest BCUT2D eigenvalue weighted by atomic mass is 35.5. The number of carbonyl (C=O) groups is 2. The Kier molecular flexibility index (Phi) is 4.65. The van der Waals surface area contributed by atoms with Crippen LogP contribution in [-0.2, 0) is 4.79 Å². The molecule has 1 aromatic rings. The van der Waals surface area contributed by atoms with Crippen molar-refractivity contribution in [2.45, 2.75) is 19.4 Å². The molecule has 0 spiro atoms. The number of amides is 1. The van der Waals surface area contributed by atoms with Crippen LogP contribution in [-0.4, -0.2) is 33.2 Å². The van der Waals surface area contributed by atoms with Gasteiger partial charge < -0.3 is 10.4 Å². The van der Waals surface area contributed by atoms with E-state index >= 15 is 0 Å². The molecule has 1 amide bonds. The molecular formula is C9H9Cl2N3O3. The van der Waals surface area contributed by atoms with Gasteiger partial charge in [-0.25, -0.2) is 0 Å². The number of rotatable bonds is 4. The number of nitrogens with zero attached hydrogens (tertiary/aromatic N) is 2. The summed E-state index contributed by atoms with van der Waals surface area (Å²) in [6.07, 6.45) is -0.185. The fraction of sp³-hybridized carbons (Fsp3) is 0.333. The van der Waals surface area contributed by atoms with E-state index in [0.29, 0.717) is 0 Å². The molecule has 0 fully saturated rings. The summed E-state index contributed by atoms with van der Waals surface area (Å²) >= 11 is 11.2. The molecule has 0 bridgehead atoms. The molecule has 1 atom stereocenters. The largest absolute Gasteiger partial charge is 0.481 e. The maximum absolute atomic E-state index is 11.7. The van der Waals surface area contributed by atoms with Crippen LogP contribution in [0.2, 0.25) is 10.3 Å². The van der Waals surface area contributed by atoms with Crippen LogP contribution in [0, 0.1) is 0 Å². The van der Waals surface area contributed by atoms with Crippen molar-refractivity contribution in [2.75, 3.05) is 0 Å². The number of hydrogen-bond acceptors (Lipinski definition) is 4. The summed E-state index contributed by atoms with van der Waals surface area (Å²) in [6.45, 7) is 1.57. The molecule has 0 saturated heterocycles. The third-order valence-corrected chi connectivity index (χ3v) is 2.29. The van der Waals surface area contributed by atoms with E-state index in [4.69, 9.17) is 28.3 Å². The van der Waals surface area contributed by atoms with Crippen molar-refractivity contribution in [3.8, 4) is 0 Å². The van der Waals surface area contributed by atoms with Gasteiger partial charge in [-0.05, 0) is 13.0 Å². The molecular weight excluding hydrogens is 269 g/mol. The van der Waals surface area contributed by atoms with Gasteiger partial charge in [-0.3, -0.25) is 9.59 Å². The number of carboxylic acids is 1. The average molecular weight is 278 g/mol. The molecule has 1 unspecified atom stereocenters. The van der Waals surface area contributed by atoms with Crippen LogP contribution >= 0.6 is 23.2 Å². The molecule has 0 aliphatic carbocycles. The normalized spacial score (nSPS) is 11.9. The molecule has 6 nitrogen and oxygen atoms in total. The zero-order valence-corrected chi connectivity index (χ0v) is 10.3. The summed E-state index contributed by atoms with van der Waals surface area (Å²) in [5.41, 5.74) is 0.0592. The van der Waals surface area contributed by atoms with E-state index in [1.165, 1.54) is 6.07 Å². The Labute approximate surface area is 107 Å². The number of carboxylic acid groups (broad SMARTS) is 1. The first-order chi connectivity index (χ1) is 7.90. The lowest BCUT2D eigenvalue weighted by Gasteiger charge is -2.11. The van der Waals surface area contributed by atoms with Crippen molar-refractivity contribution < 1.29 is 14.7 Å². The predicted octanol–water partition coefficient (Wildman–Crippen LogP) is 1.38. The maximum Gasteiger partial charge on any atom is 0.305 e. The van der Waals surface area contributed by atoms with E-state index in [0.717, 1.165) is 0 Å². The van der Waals surface area contributed by atoms with Gasteiger partial charge >= 0.3 is 5.97 Å². The van der Waals surface area contributed by atoms with E-state index in [9.17, 15) is 9.59 Å². The quantitative estimate of drug-likeness (QED) is 0.867. The van der Waals surface area contributed by atoms with Crippen molar-refractivity contribution in [1.82, 2.24) is 15.5 Å². The van der Waals surface area contributed by atoms with Crippen LogP contribution in [0.15, 0.2) is 6.07 Å². The third-order valence-electron chi connectivity index (χ3n) is 1.82. The number of hydrogen-bond donors (Lipinski definition) is 2. The molecule has 1 rings (SSSR count). The smallest absolute Gasteiger partial charge is 0.305 e. The highest BCUT2D eigenvalue weighted by Gasteiger charge is 2.16. The van der Waals surface area contributed by atoms with Crippen molar-refractivity contribution >= 4 is 35.1 Å². The minimum Gasteiger partial charge on any atom is -0.481 e. The summed E-state index contributed by atoms with van der Waals surface area (Å²) in [5.74, 6) is -1.55. The van der Waals surface area contributed by atoms with Gasteiger partial charge in [0.1, 0.15) is 0 Å². The topological polar surface area (TPSA) is 92.2 Å². The first kappa shape index (κ1) is 13.7. The van der Waals surface area contributed by atoms with Gasteiger partial charge in [0.05, 0.1) is 12.0 Å². The lowest BCUT2D eigenvalue weighted by Crippen LogP contribution is -2.34. The molecule has 2 N–H and O–H groups in total. The lowest BCUT2D eigenvalue weighted by molar-refractivity contribution is -0.137. The van der Waals surface area contributed by atoms with Gasteiger partial charge in [-0.15, -0.1) is 10.2 Å². The molecule has 0 radical (unpaired) electrons. The van der Waals surface area contributed by atoms with Crippen molar-refractivity contribution in [2.24, 2.45) is 0 Å². The van der Waals surface area contributed by atoms with E-state index in [1.54, 1.807) is 6.92 Å². The van der Waals surface area contributed by atoms with E-state index < -0.39 is 17.9 Å². The Morgan fingerprint density at radius 2 is 2.12 bits per heavy atom. The van der Waals surface area contributed by atoms with E-state index in [2.05, 4.69) is 15.5 Å². The summed E-state index contributed by atoms with van der Waals surface area (Å²) in [5, 5.41) is 17.9. The summed E-state index contributed by atoms with van der Waals surface area (Å²) in [4.78, 5) is 22.1. The zero-order chi connectivity index (χ0) is 13.0. The molecule has 0 aliphatic rings. The summed E-state index contributed by atoms with van der Waals surface area (Å²) < 4.78 is 0. The van der Waals surface area contributed by atoms with Gasteiger partial charge in [0.2, 0.25) is 0 Å². The fourth-order valence-corrected chi connectivity index (χ4v) is 1.45. The minimum atomic E-state index is -1.00. The predicted molar refractivity (Wildman–Crippen MR) is 61.2 cm³/mol. The number of halogens is 2. The summed E-state index contributed by atoms with van der Waals surface area (Å²) in [6, 6.07) is 0.739. The molecule has 8 heteroatoms. The zero-order valence-electron chi connectivity index (χ0n) is 8.78. The monoisotopic (exact) mass is 277 g/mol. The molecule has 0 aliphatic heterocycles. The molecule has 1 heterocycles. The van der Waals surface area contributed by atoms with Crippen LogP contribution in [0.5, 0.6) is 0 Å². The van der Waals surface area contributed by atoms with Gasteiger partial charge in [0.15, 0.2) is 10.3 Å². The first-order valence-electron chi connectivity index (χ1n) is 4.61. The maximum atomic E-state index is 11.7. The van der Waals surface area contributed by atoms with Gasteiger partial charge in [0, 0.05) is 6.04 Å².